The van der Waals surface area contributed by atoms with Crippen LogP contribution >= 0.6 is 0 Å². The first-order chi connectivity index (χ1) is 22.5. The number of nitrogens with zero attached hydrogens (tertiary/aromatic N) is 4. The molecule has 1 aromatic heterocycles. The average Bonchev–Trinajstić information content (AvgIpc) is 3.53. The zero-order valence-electron chi connectivity index (χ0n) is 26.7. The fourth-order valence-electron chi connectivity index (χ4n) is 4.32. The van der Waals surface area contributed by atoms with Crippen molar-refractivity contribution in [3.63, 3.8) is 0 Å². The SMILES string of the molecule is CC(=O)N[C@@H](Cc1ccc(O)cc1)C(=O)N[C@H](CC(C)C)C(=O)N[C@@H](CC(=O)OCCc1cnc[nH]1)C(=O)NCCOCCN=[N+]=[N-]. The number of hydrogen-bond donors (Lipinski definition) is 6. The summed E-state index contributed by atoms with van der Waals surface area (Å²) < 4.78 is 10.6. The largest absolute Gasteiger partial charge is 0.508 e. The number of amides is 4. The van der Waals surface area contributed by atoms with Crippen LogP contribution in [-0.2, 0) is 46.3 Å². The van der Waals surface area contributed by atoms with E-state index in [1.54, 1.807) is 18.3 Å². The van der Waals surface area contributed by atoms with Crippen molar-refractivity contribution < 1.29 is 38.6 Å². The molecule has 0 aliphatic rings. The molecule has 0 bridgehead atoms. The number of carbonyl (C=O) groups is 5. The molecule has 0 spiro atoms. The third-order valence-electron chi connectivity index (χ3n) is 6.55. The third-order valence-corrected chi connectivity index (χ3v) is 6.55. The predicted octanol–water partition coefficient (Wildman–Crippen LogP) is 0.797. The van der Waals surface area contributed by atoms with Gasteiger partial charge in [-0.25, -0.2) is 4.98 Å². The van der Waals surface area contributed by atoms with E-state index in [4.69, 9.17) is 15.0 Å². The van der Waals surface area contributed by atoms with E-state index in [-0.39, 0.29) is 57.4 Å². The molecular formula is C30H43N9O8. The van der Waals surface area contributed by atoms with E-state index in [9.17, 15) is 29.1 Å². The molecular weight excluding hydrogens is 614 g/mol. The number of esters is 1. The summed E-state index contributed by atoms with van der Waals surface area (Å²) in [6.45, 7) is 5.35. The number of H-pyrrole nitrogens is 1. The molecule has 0 aliphatic heterocycles. The molecule has 2 aromatic rings. The van der Waals surface area contributed by atoms with Crippen LogP contribution in [0.3, 0.4) is 0 Å². The quantitative estimate of drug-likeness (QED) is 0.0365. The van der Waals surface area contributed by atoms with Gasteiger partial charge < -0.3 is 40.8 Å². The lowest BCUT2D eigenvalue weighted by atomic mass is 10.0. The molecule has 6 N–H and O–H groups in total. The van der Waals surface area contributed by atoms with E-state index >= 15 is 0 Å². The number of hydrogen-bond acceptors (Lipinski definition) is 10. The lowest BCUT2D eigenvalue weighted by Gasteiger charge is -2.26. The molecule has 4 amide bonds. The Kier molecular flexibility index (Phi) is 16.8. The fraction of sp³-hybridized carbons (Fsp3) is 0.533. The summed E-state index contributed by atoms with van der Waals surface area (Å²) in [5, 5.41) is 23.4. The van der Waals surface area contributed by atoms with Gasteiger partial charge in [0.2, 0.25) is 23.6 Å². The van der Waals surface area contributed by atoms with Crippen molar-refractivity contribution in [3.05, 3.63) is 58.5 Å². The molecule has 47 heavy (non-hydrogen) atoms. The zero-order chi connectivity index (χ0) is 34.6. The van der Waals surface area contributed by atoms with E-state index in [0.717, 1.165) is 5.69 Å². The van der Waals surface area contributed by atoms with Crippen molar-refractivity contribution in [2.75, 3.05) is 32.9 Å². The average molecular weight is 658 g/mol. The zero-order valence-corrected chi connectivity index (χ0v) is 26.7. The van der Waals surface area contributed by atoms with Crippen LogP contribution in [0.4, 0.5) is 0 Å². The Hall–Kier alpha value is -5.15. The molecule has 1 heterocycles. The highest BCUT2D eigenvalue weighted by molar-refractivity contribution is 5.95. The monoisotopic (exact) mass is 657 g/mol. The summed E-state index contributed by atoms with van der Waals surface area (Å²) in [6.07, 6.45) is 3.23. The van der Waals surface area contributed by atoms with Gasteiger partial charge in [0.25, 0.3) is 0 Å². The predicted molar refractivity (Wildman–Crippen MR) is 168 cm³/mol. The number of azide groups is 1. The number of phenolic OH excluding ortho intramolecular Hbond substituents is 1. The fourth-order valence-corrected chi connectivity index (χ4v) is 4.32. The van der Waals surface area contributed by atoms with Crippen LogP contribution in [0.5, 0.6) is 5.75 Å². The number of ether oxygens (including phenoxy) is 2. The van der Waals surface area contributed by atoms with E-state index in [2.05, 4.69) is 41.3 Å². The van der Waals surface area contributed by atoms with Crippen LogP contribution in [0.15, 0.2) is 41.9 Å². The van der Waals surface area contributed by atoms with Gasteiger partial charge in [0, 0.05) is 49.7 Å². The summed E-state index contributed by atoms with van der Waals surface area (Å²) in [5.41, 5.74) is 9.74. The first-order valence-corrected chi connectivity index (χ1v) is 15.1. The molecule has 0 aliphatic carbocycles. The minimum atomic E-state index is -1.35. The van der Waals surface area contributed by atoms with E-state index in [1.807, 2.05) is 13.8 Å². The molecule has 3 atom stereocenters. The van der Waals surface area contributed by atoms with E-state index < -0.39 is 54.1 Å². The summed E-state index contributed by atoms with van der Waals surface area (Å²) in [4.78, 5) is 74.0. The van der Waals surface area contributed by atoms with Crippen molar-refractivity contribution in [2.24, 2.45) is 11.0 Å². The van der Waals surface area contributed by atoms with Gasteiger partial charge >= 0.3 is 5.97 Å². The first kappa shape index (κ1) is 38.0. The second-order valence-electron chi connectivity index (χ2n) is 11.0. The number of benzene rings is 1. The smallest absolute Gasteiger partial charge is 0.308 e. The third kappa shape index (κ3) is 15.6. The van der Waals surface area contributed by atoms with Gasteiger partial charge in [0.1, 0.15) is 23.9 Å². The van der Waals surface area contributed by atoms with Gasteiger partial charge in [-0.15, -0.1) is 0 Å². The number of rotatable bonds is 21. The van der Waals surface area contributed by atoms with Gasteiger partial charge in [-0.1, -0.05) is 31.1 Å². The van der Waals surface area contributed by atoms with Gasteiger partial charge in [-0.05, 0) is 35.6 Å². The van der Waals surface area contributed by atoms with Crippen LogP contribution in [0.1, 0.15) is 44.9 Å². The van der Waals surface area contributed by atoms with Gasteiger partial charge in [0.05, 0.1) is 32.6 Å². The maximum atomic E-state index is 13.5. The molecule has 17 heteroatoms. The van der Waals surface area contributed by atoms with Crippen LogP contribution in [-0.4, -0.2) is 95.7 Å². The summed E-state index contributed by atoms with van der Waals surface area (Å²) in [5.74, 6) is -3.25. The van der Waals surface area contributed by atoms with E-state index in [0.29, 0.717) is 12.0 Å². The number of imidazole rings is 1. The lowest BCUT2D eigenvalue weighted by molar-refractivity contribution is -0.146. The van der Waals surface area contributed by atoms with Gasteiger partial charge in [-0.3, -0.25) is 24.0 Å². The Morgan fingerprint density at radius 3 is 2.32 bits per heavy atom. The Morgan fingerprint density at radius 2 is 1.68 bits per heavy atom. The number of aromatic amines is 1. The van der Waals surface area contributed by atoms with Crippen molar-refractivity contribution in [3.8, 4) is 5.75 Å². The number of phenols is 1. The molecule has 1 aromatic carbocycles. The maximum absolute atomic E-state index is 13.5. The van der Waals surface area contributed by atoms with E-state index in [1.165, 1.54) is 25.4 Å². The second-order valence-corrected chi connectivity index (χ2v) is 11.0. The Bertz CT molecular complexity index is 1350. The van der Waals surface area contributed by atoms with Crippen LogP contribution in [0, 0.1) is 5.92 Å². The summed E-state index contributed by atoms with van der Waals surface area (Å²) in [7, 11) is 0. The molecule has 0 radical (unpaired) electrons. The molecule has 0 saturated carbocycles. The van der Waals surface area contributed by atoms with Gasteiger partial charge in [-0.2, -0.15) is 0 Å². The number of aromatic nitrogens is 2. The van der Waals surface area contributed by atoms with Crippen molar-refractivity contribution >= 4 is 29.6 Å². The van der Waals surface area contributed by atoms with Crippen molar-refractivity contribution in [1.29, 1.82) is 0 Å². The normalized spacial score (nSPS) is 12.6. The topological polar surface area (TPSA) is 250 Å². The Balaban J connectivity index is 2.13. The number of nitrogens with one attached hydrogen (secondary N) is 5. The second kappa shape index (κ2) is 20.8. The van der Waals surface area contributed by atoms with Gasteiger partial charge in [0.15, 0.2) is 0 Å². The standard InChI is InChI=1S/C30H43N9O8/c1-19(2)14-24(37-30(45)25(36-20(3)40)15-21-4-6-23(41)7-5-21)29(44)38-26(28(43)33-9-12-46-13-10-35-39-31)16-27(42)47-11-8-22-17-32-18-34-22/h4-7,17-19,24-26,41H,8-16H2,1-3H3,(H,32,34)(H,33,43)(H,36,40)(H,37,45)(H,38,44)/t24-,25+,26+/m1/s1. The molecule has 0 saturated heterocycles. The number of aromatic hydroxyl groups is 1. The first-order valence-electron chi connectivity index (χ1n) is 15.1. The van der Waals surface area contributed by atoms with Crippen LogP contribution in [0.2, 0.25) is 0 Å². The highest BCUT2D eigenvalue weighted by atomic mass is 16.5. The highest BCUT2D eigenvalue weighted by Crippen LogP contribution is 2.13. The molecule has 0 unspecified atom stereocenters. The number of carbonyl (C=O) groups excluding carboxylic acids is 5. The minimum absolute atomic E-state index is 0.0138. The Morgan fingerprint density at radius 1 is 0.979 bits per heavy atom. The Labute approximate surface area is 272 Å². The summed E-state index contributed by atoms with van der Waals surface area (Å²) >= 11 is 0. The lowest BCUT2D eigenvalue weighted by Crippen LogP contribution is -2.57. The van der Waals surface area contributed by atoms with Crippen LogP contribution in [0.25, 0.3) is 10.4 Å². The van der Waals surface area contributed by atoms with Crippen molar-refractivity contribution in [1.82, 2.24) is 31.2 Å². The van der Waals surface area contributed by atoms with Crippen molar-refractivity contribution in [2.45, 2.75) is 64.6 Å². The highest BCUT2D eigenvalue weighted by Gasteiger charge is 2.31. The van der Waals surface area contributed by atoms with Crippen LogP contribution < -0.4 is 21.3 Å². The molecule has 2 rings (SSSR count). The molecule has 17 nitrogen and oxygen atoms in total. The summed E-state index contributed by atoms with van der Waals surface area (Å²) in [6, 6.07) is 2.62. The maximum Gasteiger partial charge on any atom is 0.308 e. The molecule has 256 valence electrons. The molecule has 0 fully saturated rings. The minimum Gasteiger partial charge on any atom is -0.508 e.